The van der Waals surface area contributed by atoms with Crippen molar-refractivity contribution >= 4 is 11.3 Å². The summed E-state index contributed by atoms with van der Waals surface area (Å²) >= 11 is 1.69. The van der Waals surface area contributed by atoms with Crippen LogP contribution in [-0.2, 0) is 6.42 Å². The van der Waals surface area contributed by atoms with Gasteiger partial charge in [-0.3, -0.25) is 4.90 Å². The second kappa shape index (κ2) is 5.23. The highest BCUT2D eigenvalue weighted by atomic mass is 32.1. The third-order valence-electron chi connectivity index (χ3n) is 3.29. The highest BCUT2D eigenvalue weighted by molar-refractivity contribution is 7.09. The maximum absolute atomic E-state index is 6.29. The number of thiazole rings is 1. The summed E-state index contributed by atoms with van der Waals surface area (Å²) in [6.45, 7) is 3.30. The summed E-state index contributed by atoms with van der Waals surface area (Å²) in [4.78, 5) is 9.03. The van der Waals surface area contributed by atoms with Crippen molar-refractivity contribution in [2.75, 3.05) is 33.7 Å². The van der Waals surface area contributed by atoms with E-state index in [1.54, 1.807) is 11.3 Å². The fourth-order valence-corrected chi connectivity index (χ4v) is 2.89. The number of hydrogen-bond acceptors (Lipinski definition) is 5. The van der Waals surface area contributed by atoms with E-state index >= 15 is 0 Å². The molecule has 2 atom stereocenters. The van der Waals surface area contributed by atoms with Crippen molar-refractivity contribution in [2.24, 2.45) is 5.73 Å². The molecule has 2 unspecified atom stereocenters. The first-order chi connectivity index (χ1) is 7.66. The van der Waals surface area contributed by atoms with Gasteiger partial charge in [0.25, 0.3) is 0 Å². The maximum Gasteiger partial charge on any atom is 0.0940 e. The van der Waals surface area contributed by atoms with E-state index in [1.807, 2.05) is 11.6 Å². The van der Waals surface area contributed by atoms with Crippen molar-refractivity contribution < 1.29 is 0 Å². The SMILES string of the molecule is CN1CCN(C)C(C(N)Cc2nccs2)C1. The van der Waals surface area contributed by atoms with Gasteiger partial charge >= 0.3 is 0 Å². The third kappa shape index (κ3) is 2.79. The minimum absolute atomic E-state index is 0.180. The van der Waals surface area contributed by atoms with Crippen LogP contribution in [0.1, 0.15) is 5.01 Å². The van der Waals surface area contributed by atoms with Gasteiger partial charge in [0.05, 0.1) is 5.01 Å². The molecule has 0 radical (unpaired) electrons. The molecule has 0 aliphatic carbocycles. The number of likely N-dealkylation sites (N-methyl/N-ethyl adjacent to an activating group) is 2. The summed E-state index contributed by atoms with van der Waals surface area (Å²) in [5, 5.41) is 3.16. The smallest absolute Gasteiger partial charge is 0.0940 e. The molecule has 5 heteroatoms. The monoisotopic (exact) mass is 240 g/mol. The van der Waals surface area contributed by atoms with E-state index in [0.717, 1.165) is 31.1 Å². The normalized spacial score (nSPS) is 25.8. The average molecular weight is 240 g/mol. The average Bonchev–Trinajstić information content (AvgIpc) is 2.74. The zero-order chi connectivity index (χ0) is 11.5. The Balaban J connectivity index is 1.94. The first-order valence-corrected chi connectivity index (χ1v) is 6.57. The standard InChI is InChI=1S/C11H20N4S/c1-14-4-5-15(2)10(8-14)9(12)7-11-13-3-6-16-11/h3,6,9-10H,4-5,7-8,12H2,1-2H3. The molecular weight excluding hydrogens is 220 g/mol. The summed E-state index contributed by atoms with van der Waals surface area (Å²) in [6.07, 6.45) is 2.74. The molecule has 0 bridgehead atoms. The van der Waals surface area contributed by atoms with Crippen LogP contribution in [-0.4, -0.2) is 60.6 Å². The number of hydrogen-bond donors (Lipinski definition) is 1. The molecule has 0 amide bonds. The van der Waals surface area contributed by atoms with Gasteiger partial charge in [-0.1, -0.05) is 0 Å². The topological polar surface area (TPSA) is 45.4 Å². The van der Waals surface area contributed by atoms with Crippen LogP contribution in [0.5, 0.6) is 0 Å². The Morgan fingerprint density at radius 1 is 1.56 bits per heavy atom. The lowest BCUT2D eigenvalue weighted by Gasteiger charge is -2.40. The molecule has 1 fully saturated rings. The molecule has 2 heterocycles. The Hall–Kier alpha value is -0.490. The van der Waals surface area contributed by atoms with Crippen molar-refractivity contribution in [2.45, 2.75) is 18.5 Å². The minimum atomic E-state index is 0.180. The molecule has 1 aromatic heterocycles. The van der Waals surface area contributed by atoms with Crippen LogP contribution >= 0.6 is 11.3 Å². The molecule has 1 saturated heterocycles. The van der Waals surface area contributed by atoms with Crippen molar-refractivity contribution in [3.05, 3.63) is 16.6 Å². The van der Waals surface area contributed by atoms with Gasteiger partial charge in [0.2, 0.25) is 0 Å². The Labute approximate surface area is 101 Å². The Bertz CT molecular complexity index is 314. The summed E-state index contributed by atoms with van der Waals surface area (Å²) in [6, 6.07) is 0.626. The summed E-state index contributed by atoms with van der Waals surface area (Å²) < 4.78 is 0. The molecule has 1 aromatic rings. The third-order valence-corrected chi connectivity index (χ3v) is 4.09. The minimum Gasteiger partial charge on any atom is -0.326 e. The predicted octanol–water partition coefficient (Wildman–Crippen LogP) is 0.259. The molecule has 4 nitrogen and oxygen atoms in total. The number of piperazine rings is 1. The zero-order valence-electron chi connectivity index (χ0n) is 9.97. The lowest BCUT2D eigenvalue weighted by atomic mass is 10.0. The highest BCUT2D eigenvalue weighted by Crippen LogP contribution is 2.14. The summed E-state index contributed by atoms with van der Waals surface area (Å²) in [7, 11) is 4.33. The van der Waals surface area contributed by atoms with Gasteiger partial charge in [-0.2, -0.15) is 0 Å². The van der Waals surface area contributed by atoms with Crippen molar-refractivity contribution in [3.63, 3.8) is 0 Å². The molecular formula is C11H20N4S. The van der Waals surface area contributed by atoms with Crippen LogP contribution < -0.4 is 5.73 Å². The second-order valence-corrected chi connectivity index (χ2v) is 5.58. The molecule has 1 aliphatic heterocycles. The summed E-state index contributed by atoms with van der Waals surface area (Å²) in [5.41, 5.74) is 6.29. The van der Waals surface area contributed by atoms with Crippen LogP contribution in [0.4, 0.5) is 0 Å². The molecule has 1 aliphatic rings. The quantitative estimate of drug-likeness (QED) is 0.823. The van der Waals surface area contributed by atoms with Crippen molar-refractivity contribution in [1.29, 1.82) is 0 Å². The van der Waals surface area contributed by atoms with Gasteiger partial charge in [0.1, 0.15) is 0 Å². The van der Waals surface area contributed by atoms with Crippen molar-refractivity contribution in [1.82, 2.24) is 14.8 Å². The van der Waals surface area contributed by atoms with Gasteiger partial charge in [-0.25, -0.2) is 4.98 Å². The zero-order valence-corrected chi connectivity index (χ0v) is 10.8. The fraction of sp³-hybridized carbons (Fsp3) is 0.727. The number of aromatic nitrogens is 1. The Morgan fingerprint density at radius 3 is 3.06 bits per heavy atom. The van der Waals surface area contributed by atoms with E-state index < -0.39 is 0 Å². The van der Waals surface area contributed by atoms with Gasteiger partial charge < -0.3 is 10.6 Å². The predicted molar refractivity (Wildman–Crippen MR) is 67.7 cm³/mol. The lowest BCUT2D eigenvalue weighted by Crippen LogP contribution is -2.58. The molecule has 0 spiro atoms. The van der Waals surface area contributed by atoms with Crippen LogP contribution in [0.15, 0.2) is 11.6 Å². The molecule has 0 saturated carbocycles. The second-order valence-electron chi connectivity index (χ2n) is 4.60. The maximum atomic E-state index is 6.29. The largest absolute Gasteiger partial charge is 0.326 e. The molecule has 16 heavy (non-hydrogen) atoms. The number of nitrogens with two attached hydrogens (primary N) is 1. The first-order valence-electron chi connectivity index (χ1n) is 5.69. The summed E-state index contributed by atoms with van der Waals surface area (Å²) in [5.74, 6) is 0. The molecule has 2 N–H and O–H groups in total. The lowest BCUT2D eigenvalue weighted by molar-refractivity contribution is 0.0973. The van der Waals surface area contributed by atoms with Crippen LogP contribution in [0.3, 0.4) is 0 Å². The molecule has 90 valence electrons. The van der Waals surface area contributed by atoms with E-state index in [1.165, 1.54) is 0 Å². The van der Waals surface area contributed by atoms with E-state index in [4.69, 9.17) is 5.73 Å². The van der Waals surface area contributed by atoms with E-state index in [-0.39, 0.29) is 6.04 Å². The Kier molecular flexibility index (Phi) is 3.91. The van der Waals surface area contributed by atoms with Crippen molar-refractivity contribution in [3.8, 4) is 0 Å². The molecule has 2 rings (SSSR count). The van der Waals surface area contributed by atoms with Gasteiger partial charge in [0.15, 0.2) is 0 Å². The highest BCUT2D eigenvalue weighted by Gasteiger charge is 2.27. The number of rotatable bonds is 3. The molecule has 0 aromatic carbocycles. The van der Waals surface area contributed by atoms with Crippen LogP contribution in [0.25, 0.3) is 0 Å². The van der Waals surface area contributed by atoms with Gasteiger partial charge in [-0.05, 0) is 14.1 Å². The van der Waals surface area contributed by atoms with E-state index in [0.29, 0.717) is 6.04 Å². The fourth-order valence-electron chi connectivity index (χ4n) is 2.20. The first kappa shape index (κ1) is 12.0. The van der Waals surface area contributed by atoms with E-state index in [2.05, 4.69) is 28.9 Å². The van der Waals surface area contributed by atoms with Gasteiger partial charge in [0, 0.05) is 49.7 Å². The van der Waals surface area contributed by atoms with Crippen LogP contribution in [0, 0.1) is 0 Å². The van der Waals surface area contributed by atoms with E-state index in [9.17, 15) is 0 Å². The van der Waals surface area contributed by atoms with Crippen LogP contribution in [0.2, 0.25) is 0 Å². The Morgan fingerprint density at radius 2 is 2.38 bits per heavy atom. The number of nitrogens with zero attached hydrogens (tertiary/aromatic N) is 3. The van der Waals surface area contributed by atoms with Gasteiger partial charge in [-0.15, -0.1) is 11.3 Å².